The van der Waals surface area contributed by atoms with Crippen molar-refractivity contribution in [2.45, 2.75) is 33.1 Å². The molecule has 0 aliphatic carbocycles. The molecule has 0 saturated heterocycles. The van der Waals surface area contributed by atoms with Crippen LogP contribution in [0.25, 0.3) is 11.4 Å². The summed E-state index contributed by atoms with van der Waals surface area (Å²) >= 11 is 0. The van der Waals surface area contributed by atoms with E-state index in [4.69, 9.17) is 9.84 Å². The summed E-state index contributed by atoms with van der Waals surface area (Å²) in [5.74, 6) is -1.12. The van der Waals surface area contributed by atoms with Gasteiger partial charge in [-0.1, -0.05) is 37.3 Å². The van der Waals surface area contributed by atoms with Crippen molar-refractivity contribution in [2.75, 3.05) is 12.4 Å². The Hall–Kier alpha value is -4.54. The molecule has 0 atom stereocenters. The van der Waals surface area contributed by atoms with Gasteiger partial charge >= 0.3 is 5.97 Å². The van der Waals surface area contributed by atoms with Crippen LogP contribution in [-0.4, -0.2) is 54.1 Å². The molecule has 0 radical (unpaired) electrons. The molecule has 0 fully saturated rings. The van der Waals surface area contributed by atoms with Gasteiger partial charge < -0.3 is 15.2 Å². The van der Waals surface area contributed by atoms with Gasteiger partial charge in [0, 0.05) is 5.56 Å². The van der Waals surface area contributed by atoms with Gasteiger partial charge in [-0.2, -0.15) is 0 Å². The molecule has 4 rings (SSSR count). The van der Waals surface area contributed by atoms with Gasteiger partial charge in [0.15, 0.2) is 11.4 Å². The lowest BCUT2D eigenvalue weighted by atomic mass is 9.86. The molecule has 11 heteroatoms. The highest BCUT2D eigenvalue weighted by Gasteiger charge is 2.22. The number of aryl methyl sites for hydroxylation is 1. The van der Waals surface area contributed by atoms with Crippen molar-refractivity contribution >= 4 is 17.6 Å². The Bertz CT molecular complexity index is 1400. The fourth-order valence-electron chi connectivity index (χ4n) is 3.53. The number of aromatic nitrogens is 6. The Kier molecular flexibility index (Phi) is 6.08. The Morgan fingerprint density at radius 2 is 1.83 bits per heavy atom. The summed E-state index contributed by atoms with van der Waals surface area (Å²) in [6.07, 6.45) is 4.56. The summed E-state index contributed by atoms with van der Waals surface area (Å²) in [6.45, 7) is 8.04. The van der Waals surface area contributed by atoms with Crippen LogP contribution < -0.4 is 10.1 Å². The van der Waals surface area contributed by atoms with Crippen molar-refractivity contribution < 1.29 is 19.4 Å². The molecule has 0 aliphatic rings. The smallest absolute Gasteiger partial charge is 0.358 e. The van der Waals surface area contributed by atoms with Crippen molar-refractivity contribution in [1.29, 1.82) is 0 Å². The van der Waals surface area contributed by atoms with Gasteiger partial charge in [0.25, 0.3) is 5.91 Å². The van der Waals surface area contributed by atoms with Gasteiger partial charge in [0.1, 0.15) is 5.69 Å². The van der Waals surface area contributed by atoms with Crippen LogP contribution in [0.3, 0.4) is 0 Å². The predicted octanol–water partition coefficient (Wildman–Crippen LogP) is 3.41. The third kappa shape index (κ3) is 4.74. The number of nitrogens with one attached hydrogen (secondary N) is 1. The molecule has 0 unspecified atom stereocenters. The molecule has 2 aromatic carbocycles. The predicted molar refractivity (Wildman–Crippen MR) is 128 cm³/mol. The fourth-order valence-corrected chi connectivity index (χ4v) is 3.53. The number of hydrogen-bond donors (Lipinski definition) is 2. The van der Waals surface area contributed by atoms with E-state index in [0.29, 0.717) is 28.4 Å². The summed E-state index contributed by atoms with van der Waals surface area (Å²) in [4.78, 5) is 24.5. The number of methoxy groups -OCH3 is 1. The summed E-state index contributed by atoms with van der Waals surface area (Å²) in [7, 11) is 1.52. The van der Waals surface area contributed by atoms with Gasteiger partial charge in [-0.05, 0) is 47.7 Å². The molecule has 180 valence electrons. The standard InChI is InChI=1S/C24H25N7O4/c1-14-6-7-15(10-19(14)31-13-18(23(33)34)27-29-31)22(32)26-17-11-16(24(2,3)4)12-20(21(17)35-5)30-9-8-25-28-30/h6-13H,1-5H3,(H,26,32)(H,33,34). The van der Waals surface area contributed by atoms with E-state index in [-0.39, 0.29) is 17.0 Å². The first-order valence-corrected chi connectivity index (χ1v) is 10.8. The molecule has 0 spiro atoms. The lowest BCUT2D eigenvalue weighted by Gasteiger charge is -2.23. The minimum Gasteiger partial charge on any atom is -0.492 e. The molecule has 35 heavy (non-hydrogen) atoms. The molecule has 0 aliphatic heterocycles. The first-order valence-electron chi connectivity index (χ1n) is 10.8. The number of hydrogen-bond acceptors (Lipinski definition) is 7. The number of carboxylic acids is 1. The van der Waals surface area contributed by atoms with E-state index < -0.39 is 5.97 Å². The van der Waals surface area contributed by atoms with Crippen LogP contribution >= 0.6 is 0 Å². The minimum atomic E-state index is -1.18. The maximum Gasteiger partial charge on any atom is 0.358 e. The average molecular weight is 476 g/mol. The maximum absolute atomic E-state index is 13.3. The van der Waals surface area contributed by atoms with Gasteiger partial charge in [-0.25, -0.2) is 14.2 Å². The highest BCUT2D eigenvalue weighted by Crippen LogP contribution is 2.37. The first-order chi connectivity index (χ1) is 16.6. The van der Waals surface area contributed by atoms with Crippen molar-refractivity contribution in [1.82, 2.24) is 30.0 Å². The van der Waals surface area contributed by atoms with Crippen LogP contribution in [0.15, 0.2) is 48.9 Å². The van der Waals surface area contributed by atoms with Crippen LogP contribution in [0.4, 0.5) is 5.69 Å². The number of aromatic carboxylic acids is 1. The SMILES string of the molecule is COc1c(NC(=O)c2ccc(C)c(-n3cc(C(=O)O)nn3)c2)cc(C(C)(C)C)cc1-n1ccnn1. The number of ether oxygens (including phenoxy) is 1. The molecule has 2 N–H and O–H groups in total. The van der Waals surface area contributed by atoms with Gasteiger partial charge in [-0.3, -0.25) is 4.79 Å². The van der Waals surface area contributed by atoms with E-state index in [9.17, 15) is 9.59 Å². The molecule has 2 heterocycles. The number of carbonyl (C=O) groups is 2. The van der Waals surface area contributed by atoms with E-state index in [1.54, 1.807) is 35.3 Å². The maximum atomic E-state index is 13.3. The van der Waals surface area contributed by atoms with Crippen LogP contribution in [0.5, 0.6) is 5.75 Å². The van der Waals surface area contributed by atoms with Gasteiger partial charge in [-0.15, -0.1) is 10.2 Å². The molecule has 0 bridgehead atoms. The Morgan fingerprint density at radius 3 is 2.43 bits per heavy atom. The summed E-state index contributed by atoms with van der Waals surface area (Å²) in [5.41, 5.74) is 3.36. The molecule has 0 saturated carbocycles. The van der Waals surface area contributed by atoms with Crippen molar-refractivity contribution in [3.05, 3.63) is 71.3 Å². The highest BCUT2D eigenvalue weighted by atomic mass is 16.5. The summed E-state index contributed by atoms with van der Waals surface area (Å²) < 4.78 is 8.58. The molecular formula is C24H25N7O4. The zero-order valence-electron chi connectivity index (χ0n) is 20.0. The lowest BCUT2D eigenvalue weighted by Crippen LogP contribution is -2.17. The van der Waals surface area contributed by atoms with Gasteiger partial charge in [0.2, 0.25) is 0 Å². The Labute approximate surface area is 201 Å². The van der Waals surface area contributed by atoms with Crippen LogP contribution in [0, 0.1) is 6.92 Å². The molecule has 1 amide bonds. The quantitative estimate of drug-likeness (QED) is 0.433. The zero-order valence-corrected chi connectivity index (χ0v) is 20.0. The topological polar surface area (TPSA) is 137 Å². The number of amides is 1. The number of nitrogens with zero attached hydrogens (tertiary/aromatic N) is 6. The van der Waals surface area contributed by atoms with E-state index in [1.807, 2.05) is 19.1 Å². The molecule has 4 aromatic rings. The van der Waals surface area contributed by atoms with Crippen molar-refractivity contribution in [2.24, 2.45) is 0 Å². The van der Waals surface area contributed by atoms with E-state index in [2.05, 4.69) is 46.7 Å². The van der Waals surface area contributed by atoms with Gasteiger partial charge in [0.05, 0.1) is 37.1 Å². The summed E-state index contributed by atoms with van der Waals surface area (Å²) in [5, 5.41) is 27.6. The number of rotatable bonds is 6. The molecular weight excluding hydrogens is 450 g/mol. The second-order valence-corrected chi connectivity index (χ2v) is 8.98. The largest absolute Gasteiger partial charge is 0.492 e. The minimum absolute atomic E-state index is 0.191. The number of carboxylic acid groups (broad SMARTS) is 1. The number of carbonyl (C=O) groups excluding carboxylic acids is 1. The van der Waals surface area contributed by atoms with Crippen LogP contribution in [0.1, 0.15) is 52.7 Å². The van der Waals surface area contributed by atoms with Crippen molar-refractivity contribution in [3.63, 3.8) is 0 Å². The Morgan fingerprint density at radius 1 is 1.06 bits per heavy atom. The monoisotopic (exact) mass is 475 g/mol. The second kappa shape index (κ2) is 9.01. The average Bonchev–Trinajstić information content (AvgIpc) is 3.51. The van der Waals surface area contributed by atoms with E-state index in [0.717, 1.165) is 11.1 Å². The first kappa shape index (κ1) is 23.6. The third-order valence-electron chi connectivity index (χ3n) is 5.49. The van der Waals surface area contributed by atoms with Crippen LogP contribution in [0.2, 0.25) is 0 Å². The van der Waals surface area contributed by atoms with Crippen molar-refractivity contribution in [3.8, 4) is 17.1 Å². The van der Waals surface area contributed by atoms with E-state index >= 15 is 0 Å². The zero-order chi connectivity index (χ0) is 25.3. The van der Waals surface area contributed by atoms with Crippen LogP contribution in [-0.2, 0) is 5.41 Å². The normalized spacial score (nSPS) is 11.3. The third-order valence-corrected chi connectivity index (χ3v) is 5.49. The second-order valence-electron chi connectivity index (χ2n) is 8.98. The Balaban J connectivity index is 1.74. The fraction of sp³-hybridized carbons (Fsp3) is 0.250. The molecule has 2 aromatic heterocycles. The highest BCUT2D eigenvalue weighted by molar-refractivity contribution is 6.06. The number of anilines is 1. The summed E-state index contributed by atoms with van der Waals surface area (Å²) in [6, 6.07) is 8.90. The lowest BCUT2D eigenvalue weighted by molar-refractivity contribution is 0.0690. The van der Waals surface area contributed by atoms with E-state index in [1.165, 1.54) is 18.0 Å². The number of benzene rings is 2. The molecule has 11 nitrogen and oxygen atoms in total.